The highest BCUT2D eigenvalue weighted by Gasteiger charge is 2.19. The van der Waals surface area contributed by atoms with Crippen molar-refractivity contribution < 1.29 is 28.1 Å². The second-order valence-corrected chi connectivity index (χ2v) is 8.97. The Morgan fingerprint density at radius 1 is 0.872 bits per heavy atom. The van der Waals surface area contributed by atoms with Crippen LogP contribution >= 0.6 is 0 Å². The average molecular weight is 538 g/mol. The molecule has 1 atom stereocenters. The largest absolute Gasteiger partial charge is 0.497 e. The number of benzene rings is 3. The van der Waals surface area contributed by atoms with E-state index in [-0.39, 0.29) is 17.8 Å². The van der Waals surface area contributed by atoms with Crippen molar-refractivity contribution in [3.63, 3.8) is 0 Å². The lowest BCUT2D eigenvalue weighted by Crippen LogP contribution is -2.31. The maximum atomic E-state index is 14.4. The van der Waals surface area contributed by atoms with Gasteiger partial charge >= 0.3 is 0 Å². The molecule has 0 aliphatic rings. The van der Waals surface area contributed by atoms with E-state index in [9.17, 15) is 4.39 Å². The van der Waals surface area contributed by atoms with Gasteiger partial charge in [0.25, 0.3) is 6.02 Å². The molecule has 0 aliphatic heterocycles. The molecule has 0 spiro atoms. The Balaban J connectivity index is 1.91. The Kier molecular flexibility index (Phi) is 10.0. The summed E-state index contributed by atoms with van der Waals surface area (Å²) in [6, 6.07) is 15.4. The summed E-state index contributed by atoms with van der Waals surface area (Å²) in [5.74, 6) is 2.33. The van der Waals surface area contributed by atoms with Crippen LogP contribution in [0, 0.1) is 11.2 Å². The van der Waals surface area contributed by atoms with Gasteiger partial charge in [0.05, 0.1) is 41.5 Å². The zero-order chi connectivity index (χ0) is 28.5. The predicted molar refractivity (Wildman–Crippen MR) is 150 cm³/mol. The molecule has 0 radical (unpaired) electrons. The van der Waals surface area contributed by atoms with E-state index in [0.29, 0.717) is 53.1 Å². The highest BCUT2D eigenvalue weighted by atomic mass is 19.1. The minimum Gasteiger partial charge on any atom is -0.497 e. The molecule has 3 aromatic carbocycles. The van der Waals surface area contributed by atoms with Crippen LogP contribution in [-0.4, -0.2) is 39.4 Å². The number of nitrogens with two attached hydrogens (primary N) is 1. The summed E-state index contributed by atoms with van der Waals surface area (Å²) in [6.45, 7) is 4.17. The third-order valence-electron chi connectivity index (χ3n) is 6.25. The SMILES string of the molecule is COc1ccc(CN(Cc2ccc(OC)cc2OC)C(=N)O/C(C)=C\[C@@H](C)c2cc(N)ccc2F)c(OC)c1. The smallest absolute Gasteiger partial charge is 0.290 e. The molecule has 0 amide bonds. The fourth-order valence-electron chi connectivity index (χ4n) is 4.18. The highest BCUT2D eigenvalue weighted by molar-refractivity contribution is 5.72. The lowest BCUT2D eigenvalue weighted by Gasteiger charge is -2.27. The Morgan fingerprint density at radius 2 is 1.41 bits per heavy atom. The standard InChI is InChI=1S/C30H36FN3O5/c1-19(26-14-23(32)9-12-27(26)31)13-20(2)39-30(33)34(17-21-7-10-24(35-3)15-28(21)37-5)18-22-8-11-25(36-4)16-29(22)38-6/h7-16,19,33H,17-18,32H2,1-6H3/b20-13-,33-30?/t19-/m1/s1. The Hall–Kier alpha value is -4.40. The predicted octanol–water partition coefficient (Wildman–Crippen LogP) is 6.10. The number of nitrogen functional groups attached to an aromatic ring is 1. The monoisotopic (exact) mass is 537 g/mol. The number of ether oxygens (including phenoxy) is 5. The van der Waals surface area contributed by atoms with Crippen LogP contribution in [0.1, 0.15) is 36.5 Å². The fraction of sp³-hybridized carbons (Fsp3) is 0.300. The second-order valence-electron chi connectivity index (χ2n) is 8.97. The fourth-order valence-corrected chi connectivity index (χ4v) is 4.18. The van der Waals surface area contributed by atoms with Gasteiger partial charge in [-0.1, -0.05) is 6.92 Å². The van der Waals surface area contributed by atoms with Gasteiger partial charge in [0, 0.05) is 34.9 Å². The first-order valence-corrected chi connectivity index (χ1v) is 12.4. The quantitative estimate of drug-likeness (QED) is 0.132. The third kappa shape index (κ3) is 7.56. The summed E-state index contributed by atoms with van der Waals surface area (Å²) in [7, 11) is 6.35. The molecule has 39 heavy (non-hydrogen) atoms. The van der Waals surface area contributed by atoms with Crippen molar-refractivity contribution in [2.75, 3.05) is 34.2 Å². The molecule has 0 heterocycles. The number of amidine groups is 1. The molecule has 8 nitrogen and oxygen atoms in total. The Bertz CT molecular complexity index is 1270. The molecule has 3 aromatic rings. The van der Waals surface area contributed by atoms with Crippen LogP contribution < -0.4 is 24.7 Å². The van der Waals surface area contributed by atoms with Gasteiger partial charge < -0.3 is 34.3 Å². The minimum atomic E-state index is -0.351. The van der Waals surface area contributed by atoms with Gasteiger partial charge in [-0.15, -0.1) is 0 Å². The zero-order valence-electron chi connectivity index (χ0n) is 23.2. The number of allylic oxidation sites excluding steroid dienone is 2. The van der Waals surface area contributed by atoms with Crippen molar-refractivity contribution in [1.29, 1.82) is 5.41 Å². The second kappa shape index (κ2) is 13.4. The van der Waals surface area contributed by atoms with Crippen molar-refractivity contribution in [2.45, 2.75) is 32.9 Å². The van der Waals surface area contributed by atoms with Gasteiger partial charge in [0.2, 0.25) is 0 Å². The molecule has 9 heteroatoms. The average Bonchev–Trinajstić information content (AvgIpc) is 2.93. The van der Waals surface area contributed by atoms with E-state index in [1.807, 2.05) is 31.2 Å². The molecule has 0 bridgehead atoms. The summed E-state index contributed by atoms with van der Waals surface area (Å²) >= 11 is 0. The van der Waals surface area contributed by atoms with E-state index in [1.165, 1.54) is 12.1 Å². The molecule has 0 unspecified atom stereocenters. The summed E-state index contributed by atoms with van der Waals surface area (Å²) < 4.78 is 42.1. The van der Waals surface area contributed by atoms with Crippen LogP contribution in [0.3, 0.4) is 0 Å². The number of hydrogen-bond donors (Lipinski definition) is 2. The lowest BCUT2D eigenvalue weighted by molar-refractivity contribution is 0.268. The first kappa shape index (κ1) is 29.2. The van der Waals surface area contributed by atoms with Crippen LogP contribution in [0.25, 0.3) is 0 Å². The van der Waals surface area contributed by atoms with Crippen molar-refractivity contribution in [3.8, 4) is 23.0 Å². The van der Waals surface area contributed by atoms with E-state index in [0.717, 1.165) is 11.1 Å². The van der Waals surface area contributed by atoms with Crippen molar-refractivity contribution in [2.24, 2.45) is 0 Å². The Morgan fingerprint density at radius 3 is 1.90 bits per heavy atom. The summed E-state index contributed by atoms with van der Waals surface area (Å²) in [6.07, 6.45) is 1.76. The number of nitrogens with one attached hydrogen (secondary N) is 1. The molecule has 0 aliphatic carbocycles. The van der Waals surface area contributed by atoms with Crippen LogP contribution in [-0.2, 0) is 17.8 Å². The van der Waals surface area contributed by atoms with Crippen molar-refractivity contribution in [1.82, 2.24) is 4.90 Å². The molecular weight excluding hydrogens is 501 g/mol. The van der Waals surface area contributed by atoms with Gasteiger partial charge in [0.15, 0.2) is 0 Å². The minimum absolute atomic E-state index is 0.0975. The van der Waals surface area contributed by atoms with Crippen molar-refractivity contribution >= 4 is 11.7 Å². The number of rotatable bonds is 11. The normalized spacial score (nSPS) is 11.9. The van der Waals surface area contributed by atoms with Gasteiger partial charge in [-0.05, 0) is 61.0 Å². The topological polar surface area (TPSA) is 99.3 Å². The first-order valence-electron chi connectivity index (χ1n) is 12.4. The molecule has 3 rings (SSSR count). The number of methoxy groups -OCH3 is 4. The third-order valence-corrected chi connectivity index (χ3v) is 6.25. The van der Waals surface area contributed by atoms with Gasteiger partial charge in [0.1, 0.15) is 34.6 Å². The summed E-state index contributed by atoms with van der Waals surface area (Å²) in [4.78, 5) is 1.75. The van der Waals surface area contributed by atoms with Crippen molar-refractivity contribution in [3.05, 3.63) is 88.9 Å². The number of anilines is 1. The number of halogens is 1. The van der Waals surface area contributed by atoms with Gasteiger partial charge in [-0.2, -0.15) is 0 Å². The van der Waals surface area contributed by atoms with E-state index in [1.54, 1.807) is 64.5 Å². The number of hydrogen-bond acceptors (Lipinski definition) is 7. The molecule has 0 saturated heterocycles. The molecule has 208 valence electrons. The van der Waals surface area contributed by atoms with Crippen LogP contribution in [0.5, 0.6) is 23.0 Å². The molecule has 0 aromatic heterocycles. The van der Waals surface area contributed by atoms with Crippen LogP contribution in [0.4, 0.5) is 10.1 Å². The van der Waals surface area contributed by atoms with E-state index in [4.69, 9.17) is 34.8 Å². The molecule has 0 fully saturated rings. The van der Waals surface area contributed by atoms with E-state index in [2.05, 4.69) is 0 Å². The number of nitrogens with zero attached hydrogens (tertiary/aromatic N) is 1. The van der Waals surface area contributed by atoms with Gasteiger partial charge in [-0.3, -0.25) is 5.41 Å². The maximum absolute atomic E-state index is 14.4. The lowest BCUT2D eigenvalue weighted by atomic mass is 9.99. The molecular formula is C30H36FN3O5. The molecule has 0 saturated carbocycles. The maximum Gasteiger partial charge on any atom is 0.290 e. The summed E-state index contributed by atoms with van der Waals surface area (Å²) in [5.41, 5.74) is 8.44. The first-order chi connectivity index (χ1) is 18.7. The van der Waals surface area contributed by atoms with Gasteiger partial charge in [-0.25, -0.2) is 4.39 Å². The van der Waals surface area contributed by atoms with E-state index < -0.39 is 0 Å². The molecule has 3 N–H and O–H groups in total. The van der Waals surface area contributed by atoms with Crippen LogP contribution in [0.15, 0.2) is 66.4 Å². The van der Waals surface area contributed by atoms with E-state index >= 15 is 0 Å². The van der Waals surface area contributed by atoms with Crippen LogP contribution in [0.2, 0.25) is 0 Å². The zero-order valence-corrected chi connectivity index (χ0v) is 23.2. The highest BCUT2D eigenvalue weighted by Crippen LogP contribution is 2.30. The summed E-state index contributed by atoms with van der Waals surface area (Å²) in [5, 5.41) is 8.85. The Labute approximate surface area is 229 Å².